The number of carbonyl (C=O) groups excluding carboxylic acids is 1. The summed E-state index contributed by atoms with van der Waals surface area (Å²) >= 11 is 0. The molecule has 0 aromatic heterocycles. The lowest BCUT2D eigenvalue weighted by Gasteiger charge is -2.17. The fourth-order valence-corrected chi connectivity index (χ4v) is 2.47. The van der Waals surface area contributed by atoms with Crippen molar-refractivity contribution in [3.8, 4) is 0 Å². The molecule has 2 rings (SSSR count). The van der Waals surface area contributed by atoms with E-state index in [9.17, 15) is 4.79 Å². The smallest absolute Gasteiger partial charge is 0.322 e. The standard InChI is InChI=1S/C14H20N2O2/c1-3-16-7-6-11-8-10(4-5-13(11)16)9-12(15)14(17)18-2/h4-5,8,12H,3,6-7,9,15H2,1-2H3. The first kappa shape index (κ1) is 12.9. The van der Waals surface area contributed by atoms with Gasteiger partial charge in [-0.2, -0.15) is 0 Å². The van der Waals surface area contributed by atoms with E-state index >= 15 is 0 Å². The molecule has 0 aliphatic carbocycles. The number of benzene rings is 1. The Morgan fingerprint density at radius 1 is 1.56 bits per heavy atom. The molecule has 0 fully saturated rings. The molecule has 0 spiro atoms. The largest absolute Gasteiger partial charge is 0.468 e. The predicted octanol–water partition coefficient (Wildman–Crippen LogP) is 1.11. The van der Waals surface area contributed by atoms with E-state index in [1.165, 1.54) is 18.4 Å². The molecule has 98 valence electrons. The molecule has 1 aromatic rings. The number of hydrogen-bond acceptors (Lipinski definition) is 4. The van der Waals surface area contributed by atoms with Crippen molar-refractivity contribution in [3.05, 3.63) is 29.3 Å². The van der Waals surface area contributed by atoms with Crippen molar-refractivity contribution in [3.63, 3.8) is 0 Å². The molecule has 1 heterocycles. The molecule has 4 heteroatoms. The number of hydrogen-bond donors (Lipinski definition) is 1. The molecule has 0 saturated carbocycles. The van der Waals surface area contributed by atoms with Crippen LogP contribution in [-0.2, 0) is 22.4 Å². The van der Waals surface area contributed by atoms with Crippen LogP contribution in [0.25, 0.3) is 0 Å². The molecule has 1 unspecified atom stereocenters. The maximum absolute atomic E-state index is 11.3. The number of likely N-dealkylation sites (N-methyl/N-ethyl adjacent to an activating group) is 1. The lowest BCUT2D eigenvalue weighted by Crippen LogP contribution is -2.33. The summed E-state index contributed by atoms with van der Waals surface area (Å²) in [4.78, 5) is 13.7. The fraction of sp³-hybridized carbons (Fsp3) is 0.500. The van der Waals surface area contributed by atoms with Crippen molar-refractivity contribution in [2.75, 3.05) is 25.1 Å². The van der Waals surface area contributed by atoms with Crippen LogP contribution in [0.2, 0.25) is 0 Å². The SMILES string of the molecule is CCN1CCc2cc(CC(N)C(=O)OC)ccc21. The van der Waals surface area contributed by atoms with Gasteiger partial charge in [0.2, 0.25) is 0 Å². The Hall–Kier alpha value is -1.55. The van der Waals surface area contributed by atoms with E-state index in [1.54, 1.807) is 0 Å². The van der Waals surface area contributed by atoms with E-state index in [4.69, 9.17) is 5.73 Å². The van der Waals surface area contributed by atoms with Gasteiger partial charge >= 0.3 is 5.97 Å². The lowest BCUT2D eigenvalue weighted by atomic mass is 10.0. The molecule has 2 N–H and O–H groups in total. The van der Waals surface area contributed by atoms with Gasteiger partial charge in [0, 0.05) is 18.8 Å². The van der Waals surface area contributed by atoms with E-state index in [2.05, 4.69) is 34.8 Å². The molecule has 1 atom stereocenters. The summed E-state index contributed by atoms with van der Waals surface area (Å²) in [5.41, 5.74) is 9.54. The lowest BCUT2D eigenvalue weighted by molar-refractivity contribution is -0.142. The Morgan fingerprint density at radius 2 is 2.33 bits per heavy atom. The predicted molar refractivity (Wildman–Crippen MR) is 71.7 cm³/mol. The van der Waals surface area contributed by atoms with Crippen molar-refractivity contribution >= 4 is 11.7 Å². The highest BCUT2D eigenvalue weighted by Crippen LogP contribution is 2.28. The maximum atomic E-state index is 11.3. The Kier molecular flexibility index (Phi) is 3.87. The molecule has 4 nitrogen and oxygen atoms in total. The minimum absolute atomic E-state index is 0.356. The number of ether oxygens (including phenoxy) is 1. The van der Waals surface area contributed by atoms with E-state index in [0.29, 0.717) is 6.42 Å². The zero-order valence-electron chi connectivity index (χ0n) is 11.0. The minimum Gasteiger partial charge on any atom is -0.468 e. The highest BCUT2D eigenvalue weighted by molar-refractivity contribution is 5.75. The number of nitrogens with two attached hydrogens (primary N) is 1. The van der Waals surface area contributed by atoms with Crippen molar-refractivity contribution in [2.45, 2.75) is 25.8 Å². The molecule has 18 heavy (non-hydrogen) atoms. The fourth-order valence-electron chi connectivity index (χ4n) is 2.47. The quantitative estimate of drug-likeness (QED) is 0.811. The molecule has 0 bridgehead atoms. The Morgan fingerprint density at radius 3 is 3.00 bits per heavy atom. The summed E-state index contributed by atoms with van der Waals surface area (Å²) in [6, 6.07) is 5.77. The Labute approximate surface area is 108 Å². The zero-order chi connectivity index (χ0) is 13.1. The molecule has 0 amide bonds. The first-order valence-electron chi connectivity index (χ1n) is 6.36. The first-order chi connectivity index (χ1) is 8.65. The van der Waals surface area contributed by atoms with Gasteiger partial charge in [0.05, 0.1) is 7.11 Å². The van der Waals surface area contributed by atoms with Gasteiger partial charge in [-0.25, -0.2) is 0 Å². The second-order valence-electron chi connectivity index (χ2n) is 4.63. The Balaban J connectivity index is 2.11. The second-order valence-corrected chi connectivity index (χ2v) is 4.63. The van der Waals surface area contributed by atoms with Gasteiger partial charge in [-0.3, -0.25) is 4.79 Å². The highest BCUT2D eigenvalue weighted by Gasteiger charge is 2.19. The summed E-state index contributed by atoms with van der Waals surface area (Å²) in [5, 5.41) is 0. The van der Waals surface area contributed by atoms with Crippen LogP contribution in [0, 0.1) is 0 Å². The van der Waals surface area contributed by atoms with Gasteiger partial charge in [0.25, 0.3) is 0 Å². The number of rotatable bonds is 4. The van der Waals surface area contributed by atoms with Crippen LogP contribution in [0.5, 0.6) is 0 Å². The molecular weight excluding hydrogens is 228 g/mol. The maximum Gasteiger partial charge on any atom is 0.322 e. The molecule has 0 saturated heterocycles. The van der Waals surface area contributed by atoms with Crippen molar-refractivity contribution in [2.24, 2.45) is 5.73 Å². The summed E-state index contributed by atoms with van der Waals surface area (Å²) < 4.78 is 4.64. The van der Waals surface area contributed by atoms with Gasteiger partial charge < -0.3 is 15.4 Å². The summed E-state index contributed by atoms with van der Waals surface area (Å²) in [6.07, 6.45) is 1.61. The summed E-state index contributed by atoms with van der Waals surface area (Å²) in [5.74, 6) is -0.356. The van der Waals surface area contributed by atoms with Crippen molar-refractivity contribution in [1.29, 1.82) is 0 Å². The van der Waals surface area contributed by atoms with E-state index in [1.807, 2.05) is 0 Å². The molecule has 0 radical (unpaired) electrons. The second kappa shape index (κ2) is 5.40. The minimum atomic E-state index is -0.572. The monoisotopic (exact) mass is 248 g/mol. The normalized spacial score (nSPS) is 15.4. The number of anilines is 1. The summed E-state index contributed by atoms with van der Waals surface area (Å²) in [7, 11) is 1.37. The Bertz CT molecular complexity index is 445. The average molecular weight is 248 g/mol. The number of nitrogens with zero attached hydrogens (tertiary/aromatic N) is 1. The molecule has 1 aliphatic rings. The number of carbonyl (C=O) groups is 1. The van der Waals surface area contributed by atoms with Gasteiger partial charge in [-0.1, -0.05) is 12.1 Å². The molecule has 1 aromatic carbocycles. The number of methoxy groups -OCH3 is 1. The van der Waals surface area contributed by atoms with Gasteiger partial charge in [0.1, 0.15) is 6.04 Å². The zero-order valence-corrected chi connectivity index (χ0v) is 11.0. The van der Waals surface area contributed by atoms with Crippen molar-refractivity contribution in [1.82, 2.24) is 0 Å². The van der Waals surface area contributed by atoms with Crippen LogP contribution in [-0.4, -0.2) is 32.2 Å². The number of esters is 1. The van der Waals surface area contributed by atoms with Crippen molar-refractivity contribution < 1.29 is 9.53 Å². The highest BCUT2D eigenvalue weighted by atomic mass is 16.5. The van der Waals surface area contributed by atoms with Crippen LogP contribution < -0.4 is 10.6 Å². The van der Waals surface area contributed by atoms with E-state index < -0.39 is 6.04 Å². The van der Waals surface area contributed by atoms with Crippen LogP contribution in [0.4, 0.5) is 5.69 Å². The van der Waals surface area contributed by atoms with Crippen LogP contribution in [0.15, 0.2) is 18.2 Å². The topological polar surface area (TPSA) is 55.6 Å². The molecular formula is C14H20N2O2. The summed E-state index contributed by atoms with van der Waals surface area (Å²) in [6.45, 7) is 4.28. The third-order valence-electron chi connectivity index (χ3n) is 3.48. The van der Waals surface area contributed by atoms with Gasteiger partial charge in [0.15, 0.2) is 0 Å². The van der Waals surface area contributed by atoms with E-state index in [0.717, 1.165) is 25.1 Å². The van der Waals surface area contributed by atoms with Crippen LogP contribution >= 0.6 is 0 Å². The number of fused-ring (bicyclic) bond motifs is 1. The average Bonchev–Trinajstić information content (AvgIpc) is 2.79. The third kappa shape index (κ3) is 2.48. The molecule has 1 aliphatic heterocycles. The van der Waals surface area contributed by atoms with Crippen LogP contribution in [0.1, 0.15) is 18.1 Å². The van der Waals surface area contributed by atoms with Gasteiger partial charge in [-0.15, -0.1) is 0 Å². The first-order valence-corrected chi connectivity index (χ1v) is 6.36. The van der Waals surface area contributed by atoms with E-state index in [-0.39, 0.29) is 5.97 Å². The van der Waals surface area contributed by atoms with Gasteiger partial charge in [-0.05, 0) is 37.0 Å². The van der Waals surface area contributed by atoms with Crippen LogP contribution in [0.3, 0.4) is 0 Å². The third-order valence-corrected chi connectivity index (χ3v) is 3.48.